The number of urea groups is 1. The summed E-state index contributed by atoms with van der Waals surface area (Å²) in [6.45, 7) is 4.25. The molecule has 3 rings (SSSR count). The maximum Gasteiger partial charge on any atom is 0.339 e. The number of unbranched alkanes of at least 4 members (excludes halogenated alkanes) is 5. The molecule has 1 saturated heterocycles. The van der Waals surface area contributed by atoms with Crippen LogP contribution in [0.25, 0.3) is 0 Å². The van der Waals surface area contributed by atoms with Crippen LogP contribution < -0.4 is 13.8 Å². The van der Waals surface area contributed by atoms with Gasteiger partial charge in [0.25, 0.3) is 0 Å². The van der Waals surface area contributed by atoms with Gasteiger partial charge in [-0.25, -0.2) is 4.79 Å². The molecule has 2 aromatic rings. The Labute approximate surface area is 191 Å². The van der Waals surface area contributed by atoms with Crippen molar-refractivity contribution in [1.29, 1.82) is 0 Å². The lowest BCUT2D eigenvalue weighted by Gasteiger charge is -2.19. The van der Waals surface area contributed by atoms with Gasteiger partial charge in [0.15, 0.2) is 11.5 Å². The van der Waals surface area contributed by atoms with Gasteiger partial charge in [0, 0.05) is 25.3 Å². The van der Waals surface area contributed by atoms with E-state index in [0.717, 1.165) is 19.4 Å². The molecular formula is C24H32N2O5S. The SMILES string of the molecule is CCCCCCCCN1CCN(c2ccc(S(=O)(=O)Oc3ccccc3OC)cc2)C1=O. The minimum Gasteiger partial charge on any atom is -0.493 e. The standard InChI is InChI=1S/C24H32N2O5S/c1-3-4-5-6-7-10-17-25-18-19-26(24(25)27)20-13-15-21(16-14-20)32(28,29)31-23-12-9-8-11-22(23)30-2/h8-9,11-16H,3-7,10,17-19H2,1-2H3. The lowest BCUT2D eigenvalue weighted by Crippen LogP contribution is -2.32. The van der Waals surface area contributed by atoms with Crippen LogP contribution in [0.15, 0.2) is 53.4 Å². The molecule has 32 heavy (non-hydrogen) atoms. The van der Waals surface area contributed by atoms with Crippen molar-refractivity contribution in [3.63, 3.8) is 0 Å². The number of anilines is 1. The molecule has 1 heterocycles. The highest BCUT2D eigenvalue weighted by Gasteiger charge is 2.29. The molecule has 8 heteroatoms. The number of nitrogens with zero attached hydrogens (tertiary/aromatic N) is 2. The zero-order valence-electron chi connectivity index (χ0n) is 18.8. The van der Waals surface area contributed by atoms with E-state index in [2.05, 4.69) is 6.92 Å². The molecule has 0 unspecified atom stereocenters. The van der Waals surface area contributed by atoms with Gasteiger partial charge in [0.1, 0.15) is 4.90 Å². The number of rotatable bonds is 12. The zero-order valence-corrected chi connectivity index (χ0v) is 19.6. The number of hydrogen-bond donors (Lipinski definition) is 0. The Morgan fingerprint density at radius 3 is 2.22 bits per heavy atom. The Morgan fingerprint density at radius 2 is 1.53 bits per heavy atom. The molecule has 2 aromatic carbocycles. The highest BCUT2D eigenvalue weighted by molar-refractivity contribution is 7.87. The van der Waals surface area contributed by atoms with E-state index < -0.39 is 10.1 Å². The van der Waals surface area contributed by atoms with Gasteiger partial charge >= 0.3 is 16.1 Å². The van der Waals surface area contributed by atoms with E-state index in [1.807, 2.05) is 4.90 Å². The third-order valence-corrected chi connectivity index (χ3v) is 6.83. The number of ether oxygens (including phenoxy) is 1. The average molecular weight is 461 g/mol. The van der Waals surface area contributed by atoms with Crippen molar-refractivity contribution in [3.05, 3.63) is 48.5 Å². The average Bonchev–Trinajstić information content (AvgIpc) is 3.16. The van der Waals surface area contributed by atoms with Crippen LogP contribution in [0, 0.1) is 0 Å². The van der Waals surface area contributed by atoms with Gasteiger partial charge in [-0.15, -0.1) is 0 Å². The van der Waals surface area contributed by atoms with E-state index in [-0.39, 0.29) is 16.7 Å². The minimum atomic E-state index is -4.03. The van der Waals surface area contributed by atoms with Gasteiger partial charge in [-0.3, -0.25) is 4.90 Å². The van der Waals surface area contributed by atoms with Crippen molar-refractivity contribution in [2.24, 2.45) is 0 Å². The molecule has 2 amide bonds. The second-order valence-corrected chi connectivity index (χ2v) is 9.42. The van der Waals surface area contributed by atoms with Crippen molar-refractivity contribution in [3.8, 4) is 11.5 Å². The molecule has 0 N–H and O–H groups in total. The topological polar surface area (TPSA) is 76.2 Å². The van der Waals surface area contributed by atoms with Crippen molar-refractivity contribution in [1.82, 2.24) is 4.90 Å². The molecule has 1 fully saturated rings. The molecule has 0 atom stereocenters. The van der Waals surface area contributed by atoms with Crippen LogP contribution in [-0.2, 0) is 10.1 Å². The first-order valence-electron chi connectivity index (χ1n) is 11.2. The molecule has 1 aliphatic heterocycles. The van der Waals surface area contributed by atoms with Crippen LogP contribution in [0.3, 0.4) is 0 Å². The Morgan fingerprint density at radius 1 is 0.875 bits per heavy atom. The lowest BCUT2D eigenvalue weighted by atomic mass is 10.1. The molecule has 0 aromatic heterocycles. The summed E-state index contributed by atoms with van der Waals surface area (Å²) in [6, 6.07) is 12.8. The highest BCUT2D eigenvalue weighted by Crippen LogP contribution is 2.30. The number of carbonyl (C=O) groups is 1. The highest BCUT2D eigenvalue weighted by atomic mass is 32.2. The molecule has 0 spiro atoms. The molecule has 1 aliphatic rings. The van der Waals surface area contributed by atoms with Crippen LogP contribution in [0.4, 0.5) is 10.5 Å². The number of amides is 2. The molecule has 7 nitrogen and oxygen atoms in total. The largest absolute Gasteiger partial charge is 0.493 e. The molecule has 0 bridgehead atoms. The maximum atomic E-state index is 12.8. The van der Waals surface area contributed by atoms with E-state index in [4.69, 9.17) is 8.92 Å². The predicted octanol–water partition coefficient (Wildman–Crippen LogP) is 5.07. The van der Waals surface area contributed by atoms with Crippen molar-refractivity contribution in [2.45, 2.75) is 50.3 Å². The smallest absolute Gasteiger partial charge is 0.339 e. The normalized spacial score (nSPS) is 14.1. The van der Waals surface area contributed by atoms with Gasteiger partial charge in [-0.05, 0) is 42.8 Å². The molecule has 174 valence electrons. The van der Waals surface area contributed by atoms with Gasteiger partial charge in [0.05, 0.1) is 7.11 Å². The number of hydrogen-bond acceptors (Lipinski definition) is 5. The first kappa shape index (κ1) is 23.9. The third kappa shape index (κ3) is 5.94. The molecule has 0 radical (unpaired) electrons. The Balaban J connectivity index is 1.59. The van der Waals surface area contributed by atoms with Crippen LogP contribution in [-0.4, -0.2) is 46.1 Å². The number of methoxy groups -OCH3 is 1. The monoisotopic (exact) mass is 460 g/mol. The van der Waals surface area contributed by atoms with Crippen molar-refractivity contribution >= 4 is 21.8 Å². The summed E-state index contributed by atoms with van der Waals surface area (Å²) in [5.41, 5.74) is 0.677. The fourth-order valence-corrected chi connectivity index (χ4v) is 4.70. The fraction of sp³-hybridized carbons (Fsp3) is 0.458. The van der Waals surface area contributed by atoms with Crippen LogP contribution in [0.2, 0.25) is 0 Å². The second kappa shape index (κ2) is 11.2. The van der Waals surface area contributed by atoms with Crippen LogP contribution in [0.1, 0.15) is 45.4 Å². The van der Waals surface area contributed by atoms with E-state index in [9.17, 15) is 13.2 Å². The summed E-state index contributed by atoms with van der Waals surface area (Å²) < 4.78 is 35.7. The fourth-order valence-electron chi connectivity index (χ4n) is 3.76. The Bertz CT molecular complexity index is 992. The zero-order chi connectivity index (χ0) is 23.0. The first-order valence-corrected chi connectivity index (χ1v) is 12.6. The van der Waals surface area contributed by atoms with Crippen LogP contribution in [0.5, 0.6) is 11.5 Å². The van der Waals surface area contributed by atoms with Crippen molar-refractivity contribution in [2.75, 3.05) is 31.6 Å². The summed E-state index contributed by atoms with van der Waals surface area (Å²) >= 11 is 0. The predicted molar refractivity (Wildman–Crippen MR) is 125 cm³/mol. The first-order chi connectivity index (χ1) is 15.5. The lowest BCUT2D eigenvalue weighted by molar-refractivity contribution is 0.219. The van der Waals surface area contributed by atoms with E-state index >= 15 is 0 Å². The third-order valence-electron chi connectivity index (χ3n) is 5.58. The minimum absolute atomic E-state index is 0.0164. The van der Waals surface area contributed by atoms with Gasteiger partial charge in [-0.2, -0.15) is 8.42 Å². The van der Waals surface area contributed by atoms with Gasteiger partial charge in [0.2, 0.25) is 0 Å². The van der Waals surface area contributed by atoms with E-state index in [0.29, 0.717) is 24.5 Å². The summed E-state index contributed by atoms with van der Waals surface area (Å²) in [5, 5.41) is 0. The maximum absolute atomic E-state index is 12.8. The number of carbonyl (C=O) groups excluding carboxylic acids is 1. The second-order valence-electron chi connectivity index (χ2n) is 7.87. The summed E-state index contributed by atoms with van der Waals surface area (Å²) in [6.07, 6.45) is 7.13. The molecule has 0 saturated carbocycles. The van der Waals surface area contributed by atoms with Gasteiger partial charge in [-0.1, -0.05) is 51.2 Å². The number of benzene rings is 2. The Kier molecular flexibility index (Phi) is 8.39. The summed E-state index contributed by atoms with van der Waals surface area (Å²) in [7, 11) is -2.58. The van der Waals surface area contributed by atoms with Crippen molar-refractivity contribution < 1.29 is 22.1 Å². The Hall–Kier alpha value is -2.74. The van der Waals surface area contributed by atoms with Gasteiger partial charge < -0.3 is 13.8 Å². The van der Waals surface area contributed by atoms with E-state index in [1.54, 1.807) is 35.2 Å². The van der Waals surface area contributed by atoms with Crippen LogP contribution >= 0.6 is 0 Å². The number of para-hydroxylation sites is 2. The molecule has 0 aliphatic carbocycles. The molecular weight excluding hydrogens is 428 g/mol. The summed E-state index contributed by atoms with van der Waals surface area (Å²) in [5.74, 6) is 0.458. The quantitative estimate of drug-likeness (QED) is 0.327. The van der Waals surface area contributed by atoms with E-state index in [1.165, 1.54) is 51.0 Å². The summed E-state index contributed by atoms with van der Waals surface area (Å²) in [4.78, 5) is 16.3.